The van der Waals surface area contributed by atoms with Crippen LogP contribution in [0, 0.1) is 0 Å². The molecule has 0 radical (unpaired) electrons. The van der Waals surface area contributed by atoms with Crippen LogP contribution in [0.25, 0.3) is 11.1 Å². The second-order valence-electron chi connectivity index (χ2n) is 7.97. The lowest BCUT2D eigenvalue weighted by Gasteiger charge is -2.30. The first kappa shape index (κ1) is 21.6. The molecule has 3 aromatic carbocycles. The van der Waals surface area contributed by atoms with Gasteiger partial charge in [-0.2, -0.15) is 0 Å². The summed E-state index contributed by atoms with van der Waals surface area (Å²) >= 11 is 0. The van der Waals surface area contributed by atoms with Crippen LogP contribution in [-0.4, -0.2) is 41.0 Å². The fraction of sp³-hybridized carbons (Fsp3) is 0.231. The van der Waals surface area contributed by atoms with E-state index in [1.54, 1.807) is 24.3 Å². The van der Waals surface area contributed by atoms with Gasteiger partial charge in [0.2, 0.25) is 0 Å². The molecule has 0 aliphatic heterocycles. The van der Waals surface area contributed by atoms with Crippen LogP contribution in [0.4, 0.5) is 4.79 Å². The molecule has 0 saturated heterocycles. The van der Waals surface area contributed by atoms with Crippen molar-refractivity contribution in [3.63, 3.8) is 0 Å². The Bertz CT molecular complexity index is 1070. The zero-order chi connectivity index (χ0) is 22.6. The predicted molar refractivity (Wildman–Crippen MR) is 120 cm³/mol. The highest BCUT2D eigenvalue weighted by molar-refractivity contribution is 5.85. The highest BCUT2D eigenvalue weighted by Crippen LogP contribution is 2.44. The van der Waals surface area contributed by atoms with Crippen molar-refractivity contribution in [1.29, 1.82) is 0 Å². The van der Waals surface area contributed by atoms with Gasteiger partial charge in [-0.3, -0.25) is 0 Å². The summed E-state index contributed by atoms with van der Waals surface area (Å²) in [6, 6.07) is 25.0. The van der Waals surface area contributed by atoms with Crippen LogP contribution >= 0.6 is 0 Å². The molecule has 3 N–H and O–H groups in total. The van der Waals surface area contributed by atoms with E-state index < -0.39 is 17.6 Å². The first-order valence-electron chi connectivity index (χ1n) is 10.6. The topological polar surface area (TPSA) is 95.9 Å². The number of hydrogen-bond donors (Lipinski definition) is 3. The van der Waals surface area contributed by atoms with Gasteiger partial charge >= 0.3 is 12.1 Å². The average Bonchev–Trinajstić information content (AvgIpc) is 3.12. The van der Waals surface area contributed by atoms with Crippen LogP contribution in [0.1, 0.15) is 29.0 Å². The summed E-state index contributed by atoms with van der Waals surface area (Å²) in [5.41, 5.74) is 3.44. The average molecular weight is 431 g/mol. The molecule has 0 spiro atoms. The highest BCUT2D eigenvalue weighted by Gasteiger charge is 2.40. The van der Waals surface area contributed by atoms with Crippen molar-refractivity contribution < 1.29 is 24.5 Å². The molecule has 0 fully saturated rings. The second-order valence-corrected chi connectivity index (χ2v) is 7.97. The number of carbonyl (C=O) groups excluding carboxylic acids is 1. The molecular formula is C26H25NO5. The van der Waals surface area contributed by atoms with Gasteiger partial charge in [0.15, 0.2) is 0 Å². The number of aliphatic hydroxyl groups is 1. The summed E-state index contributed by atoms with van der Waals surface area (Å²) in [6.45, 7) is -0.303. The van der Waals surface area contributed by atoms with Crippen LogP contribution in [0.15, 0.2) is 78.9 Å². The van der Waals surface area contributed by atoms with Gasteiger partial charge in [-0.05, 0) is 27.8 Å². The van der Waals surface area contributed by atoms with Crippen molar-refractivity contribution in [1.82, 2.24) is 5.32 Å². The fourth-order valence-corrected chi connectivity index (χ4v) is 4.40. The SMILES string of the molecule is O=C(N[C@](CCO)(Cc1ccccc1)C(=O)O)OCC1c2ccccc2-c2ccccc21. The van der Waals surface area contributed by atoms with Gasteiger partial charge in [-0.1, -0.05) is 78.9 Å². The lowest BCUT2D eigenvalue weighted by atomic mass is 9.88. The number of alkyl carbamates (subject to hydrolysis) is 1. The minimum atomic E-state index is -1.67. The van der Waals surface area contributed by atoms with E-state index in [0.29, 0.717) is 0 Å². The standard InChI is InChI=1S/C26H25NO5/c28-15-14-26(24(29)30,16-18-8-2-1-3-9-18)27-25(31)32-17-23-21-12-6-4-10-19(21)20-11-5-7-13-22(20)23/h1-13,23,28H,14-17H2,(H,27,31)(H,29,30)/t26-/m1/s1. The Balaban J connectivity index is 1.51. The number of ether oxygens (including phenoxy) is 1. The molecule has 4 rings (SSSR count). The summed E-state index contributed by atoms with van der Waals surface area (Å²) < 4.78 is 5.53. The van der Waals surface area contributed by atoms with Gasteiger partial charge in [0.25, 0.3) is 0 Å². The van der Waals surface area contributed by atoms with Gasteiger partial charge in [0.05, 0.1) is 0 Å². The number of carbonyl (C=O) groups is 2. The molecule has 0 bridgehead atoms. The number of aliphatic hydroxyl groups excluding tert-OH is 1. The third-order valence-electron chi connectivity index (χ3n) is 5.98. The van der Waals surface area contributed by atoms with Gasteiger partial charge in [0, 0.05) is 25.4 Å². The first-order chi connectivity index (χ1) is 15.5. The molecule has 1 aliphatic carbocycles. The molecule has 0 heterocycles. The molecule has 6 nitrogen and oxygen atoms in total. The van der Waals surface area contributed by atoms with E-state index in [1.165, 1.54) is 0 Å². The van der Waals surface area contributed by atoms with E-state index in [2.05, 4.69) is 5.32 Å². The molecule has 6 heteroatoms. The van der Waals surface area contributed by atoms with Crippen molar-refractivity contribution >= 4 is 12.1 Å². The first-order valence-corrected chi connectivity index (χ1v) is 10.6. The van der Waals surface area contributed by atoms with Crippen LogP contribution in [0.3, 0.4) is 0 Å². The van der Waals surface area contributed by atoms with E-state index in [-0.39, 0.29) is 32.0 Å². The number of fused-ring (bicyclic) bond motifs is 3. The van der Waals surface area contributed by atoms with Gasteiger partial charge < -0.3 is 20.3 Å². The smallest absolute Gasteiger partial charge is 0.408 e. The number of rotatable bonds is 8. The Morgan fingerprint density at radius 2 is 1.44 bits per heavy atom. The third-order valence-corrected chi connectivity index (χ3v) is 5.98. The maximum absolute atomic E-state index is 12.7. The molecule has 0 saturated carbocycles. The number of carboxylic acid groups (broad SMARTS) is 1. The Hall–Kier alpha value is -3.64. The van der Waals surface area contributed by atoms with E-state index in [9.17, 15) is 19.8 Å². The molecule has 164 valence electrons. The zero-order valence-corrected chi connectivity index (χ0v) is 17.5. The van der Waals surface area contributed by atoms with Crippen LogP contribution < -0.4 is 5.32 Å². The van der Waals surface area contributed by atoms with Crippen molar-refractivity contribution in [2.75, 3.05) is 13.2 Å². The maximum atomic E-state index is 12.7. The van der Waals surface area contributed by atoms with Crippen LogP contribution in [0.5, 0.6) is 0 Å². The molecule has 3 aromatic rings. The quantitative estimate of drug-likeness (QED) is 0.502. The van der Waals surface area contributed by atoms with E-state index in [1.807, 2.05) is 54.6 Å². The van der Waals surface area contributed by atoms with Crippen LogP contribution in [0.2, 0.25) is 0 Å². The minimum Gasteiger partial charge on any atom is -0.479 e. The van der Waals surface area contributed by atoms with Crippen LogP contribution in [-0.2, 0) is 16.0 Å². The molecular weight excluding hydrogens is 406 g/mol. The Morgan fingerprint density at radius 1 is 0.875 bits per heavy atom. The number of hydrogen-bond acceptors (Lipinski definition) is 4. The van der Waals surface area contributed by atoms with Gasteiger partial charge in [-0.25, -0.2) is 9.59 Å². The monoisotopic (exact) mass is 431 g/mol. The Morgan fingerprint density at radius 3 is 2.00 bits per heavy atom. The number of aliphatic carboxylic acids is 1. The number of nitrogens with one attached hydrogen (secondary N) is 1. The van der Waals surface area contributed by atoms with E-state index >= 15 is 0 Å². The number of amides is 1. The largest absolute Gasteiger partial charge is 0.479 e. The summed E-state index contributed by atoms with van der Waals surface area (Å²) in [7, 11) is 0. The molecule has 1 aliphatic rings. The van der Waals surface area contributed by atoms with E-state index in [4.69, 9.17) is 4.74 Å². The Labute approximate surface area is 186 Å². The molecule has 0 aromatic heterocycles. The minimum absolute atomic E-state index is 0.0356. The summed E-state index contributed by atoms with van der Waals surface area (Å²) in [5.74, 6) is -1.34. The normalized spacial score (nSPS) is 14.2. The lowest BCUT2D eigenvalue weighted by Crippen LogP contribution is -2.57. The molecule has 32 heavy (non-hydrogen) atoms. The summed E-state index contributed by atoms with van der Waals surface area (Å²) in [4.78, 5) is 24.9. The molecule has 0 unspecified atom stereocenters. The van der Waals surface area contributed by atoms with E-state index in [0.717, 1.165) is 27.8 Å². The van der Waals surface area contributed by atoms with Crippen molar-refractivity contribution in [3.8, 4) is 11.1 Å². The van der Waals surface area contributed by atoms with Crippen molar-refractivity contribution in [3.05, 3.63) is 95.6 Å². The summed E-state index contributed by atoms with van der Waals surface area (Å²) in [5, 5.41) is 22.0. The number of benzene rings is 3. The van der Waals surface area contributed by atoms with Gasteiger partial charge in [-0.15, -0.1) is 0 Å². The predicted octanol–water partition coefficient (Wildman–Crippen LogP) is 3.97. The van der Waals surface area contributed by atoms with Crippen molar-refractivity contribution in [2.45, 2.75) is 24.3 Å². The number of carboxylic acids is 1. The van der Waals surface area contributed by atoms with Crippen molar-refractivity contribution in [2.24, 2.45) is 0 Å². The third kappa shape index (κ3) is 4.22. The van der Waals surface area contributed by atoms with Gasteiger partial charge in [0.1, 0.15) is 12.1 Å². The lowest BCUT2D eigenvalue weighted by molar-refractivity contribution is -0.145. The Kier molecular flexibility index (Phi) is 6.23. The highest BCUT2D eigenvalue weighted by atomic mass is 16.5. The molecule has 1 atom stereocenters. The molecule has 1 amide bonds. The summed E-state index contributed by atoms with van der Waals surface area (Å²) in [6.07, 6.45) is -0.923. The second kappa shape index (κ2) is 9.24. The zero-order valence-electron chi connectivity index (χ0n) is 17.5. The maximum Gasteiger partial charge on any atom is 0.408 e. The fourth-order valence-electron chi connectivity index (χ4n) is 4.40.